The third-order valence-corrected chi connectivity index (χ3v) is 3.72. The second kappa shape index (κ2) is 6.36. The Labute approximate surface area is 133 Å². The molecule has 5 nitrogen and oxygen atoms in total. The van der Waals surface area contributed by atoms with E-state index < -0.39 is 5.97 Å². The lowest BCUT2D eigenvalue weighted by atomic mass is 10.1. The van der Waals surface area contributed by atoms with Crippen LogP contribution in [-0.2, 0) is 6.42 Å². The van der Waals surface area contributed by atoms with Gasteiger partial charge >= 0.3 is 5.97 Å². The highest BCUT2D eigenvalue weighted by Crippen LogP contribution is 2.21. The summed E-state index contributed by atoms with van der Waals surface area (Å²) in [5.41, 5.74) is 7.11. The second-order valence-corrected chi connectivity index (χ2v) is 5.19. The normalized spacial score (nSPS) is 11.2. The van der Waals surface area contributed by atoms with Gasteiger partial charge in [-0.15, -0.1) is 0 Å². The summed E-state index contributed by atoms with van der Waals surface area (Å²) in [5, 5.41) is 14.3. The van der Waals surface area contributed by atoms with Crippen LogP contribution in [0.4, 0.5) is 5.69 Å². The van der Waals surface area contributed by atoms with Gasteiger partial charge in [0.1, 0.15) is 0 Å². The molecule has 0 saturated heterocycles. The molecule has 3 aromatic rings. The zero-order chi connectivity index (χ0) is 16.2. The molecular weight excluding hydrogens is 290 g/mol. The van der Waals surface area contributed by atoms with Crippen LogP contribution in [0.2, 0.25) is 0 Å². The van der Waals surface area contributed by atoms with Crippen LogP contribution in [0.5, 0.6) is 0 Å². The molecule has 5 heteroatoms. The van der Waals surface area contributed by atoms with Gasteiger partial charge in [-0.1, -0.05) is 31.2 Å². The van der Waals surface area contributed by atoms with Gasteiger partial charge in [-0.3, -0.25) is 5.43 Å². The quantitative estimate of drug-likeness (QED) is 0.494. The lowest BCUT2D eigenvalue weighted by molar-refractivity contribution is 0.0697. The Balaban J connectivity index is 1.81. The third-order valence-electron chi connectivity index (χ3n) is 3.72. The summed E-state index contributed by atoms with van der Waals surface area (Å²) < 4.78 is 0. The predicted octanol–water partition coefficient (Wildman–Crippen LogP) is 3.87. The van der Waals surface area contributed by atoms with Gasteiger partial charge in [-0.25, -0.2) is 4.79 Å². The molecule has 116 valence electrons. The van der Waals surface area contributed by atoms with Gasteiger partial charge in [-0.2, -0.15) is 5.10 Å². The van der Waals surface area contributed by atoms with Gasteiger partial charge in [0.25, 0.3) is 0 Å². The number of fused-ring (bicyclic) bond motifs is 1. The Morgan fingerprint density at radius 3 is 2.91 bits per heavy atom. The van der Waals surface area contributed by atoms with Crippen LogP contribution in [0, 0.1) is 0 Å². The summed E-state index contributed by atoms with van der Waals surface area (Å²) in [6.07, 6.45) is 4.61. The Morgan fingerprint density at radius 2 is 2.13 bits per heavy atom. The van der Waals surface area contributed by atoms with Gasteiger partial charge in [-0.05, 0) is 30.2 Å². The molecule has 3 N–H and O–H groups in total. The van der Waals surface area contributed by atoms with Crippen molar-refractivity contribution in [3.63, 3.8) is 0 Å². The van der Waals surface area contributed by atoms with E-state index in [2.05, 4.69) is 34.6 Å². The first-order valence-corrected chi connectivity index (χ1v) is 7.40. The molecule has 0 saturated carbocycles. The van der Waals surface area contributed by atoms with Crippen molar-refractivity contribution in [3.05, 3.63) is 65.4 Å². The van der Waals surface area contributed by atoms with Crippen LogP contribution < -0.4 is 5.43 Å². The molecule has 0 aliphatic rings. The molecular formula is C18H17N3O2. The molecule has 0 aliphatic carbocycles. The van der Waals surface area contributed by atoms with Crippen molar-refractivity contribution in [3.8, 4) is 0 Å². The van der Waals surface area contributed by atoms with Crippen molar-refractivity contribution < 1.29 is 9.90 Å². The van der Waals surface area contributed by atoms with Crippen LogP contribution in [0.25, 0.3) is 10.9 Å². The summed E-state index contributed by atoms with van der Waals surface area (Å²) in [4.78, 5) is 14.2. The fourth-order valence-electron chi connectivity index (χ4n) is 2.54. The van der Waals surface area contributed by atoms with Crippen molar-refractivity contribution >= 4 is 28.8 Å². The first kappa shape index (κ1) is 14.8. The molecule has 23 heavy (non-hydrogen) atoms. The number of carboxylic acids is 1. The van der Waals surface area contributed by atoms with E-state index >= 15 is 0 Å². The minimum atomic E-state index is -0.957. The fourth-order valence-corrected chi connectivity index (χ4v) is 2.54. The smallest absolute Gasteiger partial charge is 0.335 e. The number of aromatic amines is 1. The largest absolute Gasteiger partial charge is 0.478 e. The van der Waals surface area contributed by atoms with Crippen LogP contribution in [0.3, 0.4) is 0 Å². The number of carboxylic acid groups (broad SMARTS) is 1. The molecule has 0 fully saturated rings. The van der Waals surface area contributed by atoms with Gasteiger partial charge in [0.2, 0.25) is 0 Å². The van der Waals surface area contributed by atoms with Crippen molar-refractivity contribution in [1.29, 1.82) is 0 Å². The van der Waals surface area contributed by atoms with E-state index in [1.54, 1.807) is 30.5 Å². The number of hydrogen-bond donors (Lipinski definition) is 3. The first-order valence-electron chi connectivity index (χ1n) is 7.40. The van der Waals surface area contributed by atoms with Crippen molar-refractivity contribution in [2.45, 2.75) is 13.3 Å². The molecule has 2 aromatic carbocycles. The predicted molar refractivity (Wildman–Crippen MR) is 92.3 cm³/mol. The number of hydrogen-bond acceptors (Lipinski definition) is 3. The Bertz CT molecular complexity index is 881. The second-order valence-electron chi connectivity index (χ2n) is 5.19. The van der Waals surface area contributed by atoms with Crippen molar-refractivity contribution in [1.82, 2.24) is 4.98 Å². The van der Waals surface area contributed by atoms with Gasteiger partial charge in [0.05, 0.1) is 17.5 Å². The Hall–Kier alpha value is -3.08. The van der Waals surface area contributed by atoms with Crippen LogP contribution >= 0.6 is 0 Å². The highest BCUT2D eigenvalue weighted by Gasteiger charge is 2.05. The van der Waals surface area contributed by atoms with Gasteiger partial charge in [0, 0.05) is 22.7 Å². The summed E-state index contributed by atoms with van der Waals surface area (Å²) >= 11 is 0. The molecule has 0 radical (unpaired) electrons. The number of aryl methyl sites for hydroxylation is 1. The summed E-state index contributed by atoms with van der Waals surface area (Å²) in [5.74, 6) is -0.957. The summed E-state index contributed by atoms with van der Waals surface area (Å²) in [6.45, 7) is 2.13. The van der Waals surface area contributed by atoms with Gasteiger partial charge < -0.3 is 10.1 Å². The zero-order valence-corrected chi connectivity index (χ0v) is 12.7. The standard InChI is InChI=1S/C18H17N3O2/c1-2-12-5-4-8-16-14(10-19-17(12)16)11-20-21-15-7-3-6-13(9-15)18(22)23/h3-11,19,21H,2H2,1H3,(H,22,23)/b20-11+. The number of nitrogens with zero attached hydrogens (tertiary/aromatic N) is 1. The molecule has 3 rings (SSSR count). The average molecular weight is 307 g/mol. The highest BCUT2D eigenvalue weighted by molar-refractivity contribution is 6.00. The lowest BCUT2D eigenvalue weighted by Crippen LogP contribution is -1.97. The molecule has 0 atom stereocenters. The number of hydrazone groups is 1. The van der Waals surface area contributed by atoms with E-state index in [-0.39, 0.29) is 5.56 Å². The molecule has 0 aliphatic heterocycles. The average Bonchev–Trinajstić information content (AvgIpc) is 2.98. The molecule has 1 aromatic heterocycles. The molecule has 0 spiro atoms. The van der Waals surface area contributed by atoms with Crippen LogP contribution in [0.15, 0.2) is 53.8 Å². The Morgan fingerprint density at radius 1 is 1.30 bits per heavy atom. The maximum absolute atomic E-state index is 11.0. The maximum atomic E-state index is 11.0. The van der Waals surface area contributed by atoms with Crippen molar-refractivity contribution in [2.24, 2.45) is 5.10 Å². The number of benzene rings is 2. The minimum absolute atomic E-state index is 0.227. The number of aromatic carboxylic acids is 1. The summed E-state index contributed by atoms with van der Waals surface area (Å²) in [6, 6.07) is 12.7. The molecule has 0 unspecified atom stereocenters. The van der Waals surface area contributed by atoms with Crippen molar-refractivity contribution in [2.75, 3.05) is 5.43 Å². The van der Waals surface area contributed by atoms with E-state index in [0.29, 0.717) is 5.69 Å². The number of para-hydroxylation sites is 1. The zero-order valence-electron chi connectivity index (χ0n) is 12.7. The number of carbonyl (C=O) groups is 1. The summed E-state index contributed by atoms with van der Waals surface area (Å²) in [7, 11) is 0. The fraction of sp³-hybridized carbons (Fsp3) is 0.111. The van der Waals surface area contributed by atoms with E-state index in [4.69, 9.17) is 5.11 Å². The minimum Gasteiger partial charge on any atom is -0.478 e. The lowest BCUT2D eigenvalue weighted by Gasteiger charge is -2.01. The first-order chi connectivity index (χ1) is 11.2. The number of aromatic nitrogens is 1. The number of rotatable bonds is 5. The number of H-pyrrole nitrogens is 1. The highest BCUT2D eigenvalue weighted by atomic mass is 16.4. The van der Waals surface area contributed by atoms with Crippen LogP contribution in [-0.4, -0.2) is 22.3 Å². The molecule has 1 heterocycles. The number of nitrogens with one attached hydrogen (secondary N) is 2. The topological polar surface area (TPSA) is 77.5 Å². The van der Waals surface area contributed by atoms with E-state index in [9.17, 15) is 4.79 Å². The third kappa shape index (κ3) is 3.08. The van der Waals surface area contributed by atoms with E-state index in [0.717, 1.165) is 22.9 Å². The maximum Gasteiger partial charge on any atom is 0.335 e. The monoisotopic (exact) mass is 307 g/mol. The molecule has 0 amide bonds. The van der Waals surface area contributed by atoms with E-state index in [1.807, 2.05) is 12.3 Å². The molecule has 0 bridgehead atoms. The van der Waals surface area contributed by atoms with Crippen LogP contribution in [0.1, 0.15) is 28.4 Å². The SMILES string of the molecule is CCc1cccc2c(/C=N/Nc3cccc(C(=O)O)c3)c[nH]c12. The number of anilines is 1. The Kier molecular flexibility index (Phi) is 4.10. The van der Waals surface area contributed by atoms with Gasteiger partial charge in [0.15, 0.2) is 0 Å². The van der Waals surface area contributed by atoms with E-state index in [1.165, 1.54) is 5.56 Å².